The molecule has 0 unspecified atom stereocenters. The van der Waals surface area contributed by atoms with Gasteiger partial charge in [0.25, 0.3) is 0 Å². The Labute approximate surface area is 88.9 Å². The number of hydrogen-bond donors (Lipinski definition) is 0. The van der Waals surface area contributed by atoms with Crippen LogP contribution in [0.1, 0.15) is 23.9 Å². The van der Waals surface area contributed by atoms with Gasteiger partial charge >= 0.3 is 0 Å². The Balaban J connectivity index is 2.63. The van der Waals surface area contributed by atoms with E-state index in [1.807, 2.05) is 10.7 Å². The van der Waals surface area contributed by atoms with Crippen molar-refractivity contribution < 1.29 is 0 Å². The maximum Gasteiger partial charge on any atom is 0.156 e. The molecule has 2 aromatic rings. The molecule has 0 bridgehead atoms. The molecule has 1 aromatic carbocycles. The molecule has 1 aromatic heterocycles. The van der Waals surface area contributed by atoms with Crippen molar-refractivity contribution in [3.8, 4) is 5.69 Å². The lowest BCUT2D eigenvalue weighted by molar-refractivity contribution is 0.758. The van der Waals surface area contributed by atoms with Gasteiger partial charge in [0.05, 0.1) is 5.69 Å². The standard InChI is InChI=1S/C11H14N4/c1-4-10-12-13-14-15(10)11-8(2)6-5-7-9(11)3/h5-7H,4H2,1-3H3. The first-order chi connectivity index (χ1) is 7.24. The normalized spacial score (nSPS) is 10.6. The van der Waals surface area contributed by atoms with Crippen molar-refractivity contribution in [2.24, 2.45) is 0 Å². The van der Waals surface area contributed by atoms with Crippen molar-refractivity contribution in [1.29, 1.82) is 0 Å². The highest BCUT2D eigenvalue weighted by Gasteiger charge is 2.10. The number of para-hydroxylation sites is 1. The summed E-state index contributed by atoms with van der Waals surface area (Å²) in [6.07, 6.45) is 0.834. The Morgan fingerprint density at radius 3 is 2.47 bits per heavy atom. The molecule has 0 aliphatic carbocycles. The van der Waals surface area contributed by atoms with Gasteiger partial charge in [-0.1, -0.05) is 25.1 Å². The van der Waals surface area contributed by atoms with Gasteiger partial charge in [-0.3, -0.25) is 0 Å². The van der Waals surface area contributed by atoms with Gasteiger partial charge in [-0.25, -0.2) is 0 Å². The summed E-state index contributed by atoms with van der Waals surface area (Å²) in [7, 11) is 0. The van der Waals surface area contributed by atoms with Crippen molar-refractivity contribution in [2.45, 2.75) is 27.2 Å². The van der Waals surface area contributed by atoms with Gasteiger partial charge in [0.2, 0.25) is 0 Å². The minimum absolute atomic E-state index is 0.834. The van der Waals surface area contributed by atoms with Crippen LogP contribution in [0.25, 0.3) is 5.69 Å². The monoisotopic (exact) mass is 202 g/mol. The molecular formula is C11H14N4. The summed E-state index contributed by atoms with van der Waals surface area (Å²) in [5.74, 6) is 0.896. The molecule has 1 heterocycles. The van der Waals surface area contributed by atoms with E-state index in [2.05, 4.69) is 48.4 Å². The molecule has 78 valence electrons. The third-order valence-electron chi connectivity index (χ3n) is 2.50. The first-order valence-electron chi connectivity index (χ1n) is 5.08. The molecule has 2 rings (SSSR count). The van der Waals surface area contributed by atoms with Gasteiger partial charge in [0, 0.05) is 6.42 Å². The summed E-state index contributed by atoms with van der Waals surface area (Å²) >= 11 is 0. The maximum absolute atomic E-state index is 4.03. The van der Waals surface area contributed by atoms with E-state index in [0.717, 1.165) is 17.9 Å². The fourth-order valence-corrected chi connectivity index (χ4v) is 1.74. The Bertz CT molecular complexity index is 453. The summed E-state index contributed by atoms with van der Waals surface area (Å²) in [5, 5.41) is 11.7. The van der Waals surface area contributed by atoms with Crippen molar-refractivity contribution in [2.75, 3.05) is 0 Å². The van der Waals surface area contributed by atoms with Gasteiger partial charge < -0.3 is 0 Å². The van der Waals surface area contributed by atoms with Crippen LogP contribution >= 0.6 is 0 Å². The van der Waals surface area contributed by atoms with Crippen LogP contribution < -0.4 is 0 Å². The third-order valence-corrected chi connectivity index (χ3v) is 2.50. The largest absolute Gasteiger partial charge is 0.197 e. The van der Waals surface area contributed by atoms with E-state index in [9.17, 15) is 0 Å². The Hall–Kier alpha value is -1.71. The van der Waals surface area contributed by atoms with Gasteiger partial charge in [0.1, 0.15) is 0 Å². The van der Waals surface area contributed by atoms with Crippen LogP contribution in [0.5, 0.6) is 0 Å². The minimum Gasteiger partial charge on any atom is -0.197 e. The predicted molar refractivity (Wildman–Crippen MR) is 58.0 cm³/mol. The van der Waals surface area contributed by atoms with Crippen LogP contribution in [0.15, 0.2) is 18.2 Å². The second-order valence-electron chi connectivity index (χ2n) is 3.60. The topological polar surface area (TPSA) is 43.6 Å². The zero-order chi connectivity index (χ0) is 10.8. The molecule has 0 saturated heterocycles. The van der Waals surface area contributed by atoms with Crippen LogP contribution in [-0.2, 0) is 6.42 Å². The highest BCUT2D eigenvalue weighted by atomic mass is 15.5. The smallest absolute Gasteiger partial charge is 0.156 e. The van der Waals surface area contributed by atoms with Gasteiger partial charge in [-0.15, -0.1) is 5.10 Å². The van der Waals surface area contributed by atoms with E-state index in [1.165, 1.54) is 11.1 Å². The number of rotatable bonds is 2. The second-order valence-corrected chi connectivity index (χ2v) is 3.60. The van der Waals surface area contributed by atoms with Crippen molar-refractivity contribution in [1.82, 2.24) is 20.2 Å². The first kappa shape index (κ1) is 9.83. The van der Waals surface area contributed by atoms with E-state index in [0.29, 0.717) is 0 Å². The van der Waals surface area contributed by atoms with Crippen LogP contribution in [0.3, 0.4) is 0 Å². The van der Waals surface area contributed by atoms with Crippen LogP contribution in [0, 0.1) is 13.8 Å². The Kier molecular flexibility index (Phi) is 2.49. The van der Waals surface area contributed by atoms with Crippen molar-refractivity contribution >= 4 is 0 Å². The second kappa shape index (κ2) is 3.81. The van der Waals surface area contributed by atoms with Gasteiger partial charge in [-0.05, 0) is 35.4 Å². The maximum atomic E-state index is 4.03. The molecule has 0 N–H and O–H groups in total. The lowest BCUT2D eigenvalue weighted by Crippen LogP contribution is -2.06. The molecule has 0 fully saturated rings. The van der Waals surface area contributed by atoms with E-state index < -0.39 is 0 Å². The molecule has 0 amide bonds. The summed E-state index contributed by atoms with van der Waals surface area (Å²) < 4.78 is 1.82. The molecule has 0 aliphatic heterocycles. The number of aryl methyl sites for hydroxylation is 3. The van der Waals surface area contributed by atoms with Crippen molar-refractivity contribution in [3.05, 3.63) is 35.2 Å². The molecule has 0 radical (unpaired) electrons. The summed E-state index contributed by atoms with van der Waals surface area (Å²) in [6.45, 7) is 6.20. The number of benzene rings is 1. The van der Waals surface area contributed by atoms with Crippen LogP contribution in [0.2, 0.25) is 0 Å². The van der Waals surface area contributed by atoms with Crippen LogP contribution in [0.4, 0.5) is 0 Å². The fraction of sp³-hybridized carbons (Fsp3) is 0.364. The zero-order valence-electron chi connectivity index (χ0n) is 9.23. The first-order valence-corrected chi connectivity index (χ1v) is 5.08. The van der Waals surface area contributed by atoms with E-state index in [1.54, 1.807) is 0 Å². The predicted octanol–water partition coefficient (Wildman–Crippen LogP) is 1.84. The van der Waals surface area contributed by atoms with Gasteiger partial charge in [0.15, 0.2) is 5.82 Å². The number of aromatic nitrogens is 4. The molecular weight excluding hydrogens is 188 g/mol. The van der Waals surface area contributed by atoms with E-state index in [-0.39, 0.29) is 0 Å². The van der Waals surface area contributed by atoms with E-state index >= 15 is 0 Å². The minimum atomic E-state index is 0.834. The van der Waals surface area contributed by atoms with E-state index in [4.69, 9.17) is 0 Å². The lowest BCUT2D eigenvalue weighted by Gasteiger charge is -2.09. The zero-order valence-corrected chi connectivity index (χ0v) is 9.23. The summed E-state index contributed by atoms with van der Waals surface area (Å²) in [5.41, 5.74) is 3.48. The quantitative estimate of drug-likeness (QED) is 0.746. The Morgan fingerprint density at radius 2 is 1.87 bits per heavy atom. The Morgan fingerprint density at radius 1 is 1.20 bits per heavy atom. The molecule has 0 aliphatic rings. The lowest BCUT2D eigenvalue weighted by atomic mass is 10.1. The SMILES string of the molecule is CCc1nnnn1-c1c(C)cccc1C. The highest BCUT2D eigenvalue weighted by Crippen LogP contribution is 2.18. The van der Waals surface area contributed by atoms with Crippen molar-refractivity contribution in [3.63, 3.8) is 0 Å². The number of tetrazole rings is 1. The third kappa shape index (κ3) is 1.63. The number of hydrogen-bond acceptors (Lipinski definition) is 3. The molecule has 4 heteroatoms. The molecule has 0 atom stereocenters. The molecule has 0 saturated carbocycles. The number of nitrogens with zero attached hydrogens (tertiary/aromatic N) is 4. The molecule has 0 spiro atoms. The molecule has 15 heavy (non-hydrogen) atoms. The highest BCUT2D eigenvalue weighted by molar-refractivity contribution is 5.46. The summed E-state index contributed by atoms with van der Waals surface area (Å²) in [4.78, 5) is 0. The van der Waals surface area contributed by atoms with Gasteiger partial charge in [-0.2, -0.15) is 4.68 Å². The average Bonchev–Trinajstić information content (AvgIpc) is 2.65. The summed E-state index contributed by atoms with van der Waals surface area (Å²) in [6, 6.07) is 6.19. The average molecular weight is 202 g/mol. The van der Waals surface area contributed by atoms with Crippen LogP contribution in [-0.4, -0.2) is 20.2 Å². The molecule has 4 nitrogen and oxygen atoms in total. The fourth-order valence-electron chi connectivity index (χ4n) is 1.74.